The van der Waals surface area contributed by atoms with Gasteiger partial charge < -0.3 is 4.98 Å². The van der Waals surface area contributed by atoms with Gasteiger partial charge in [0.25, 0.3) is 0 Å². The minimum absolute atomic E-state index is 0.331. The number of nitrogens with zero attached hydrogens (tertiary/aromatic N) is 2. The minimum Gasteiger partial charge on any atom is -0.344 e. The first-order valence-corrected chi connectivity index (χ1v) is 4.35. The van der Waals surface area contributed by atoms with E-state index in [0.29, 0.717) is 28.9 Å². The molecule has 72 valence electrons. The van der Waals surface area contributed by atoms with Gasteiger partial charge >= 0.3 is 0 Å². The van der Waals surface area contributed by atoms with E-state index in [1.165, 1.54) is 6.20 Å². The van der Waals surface area contributed by atoms with Gasteiger partial charge in [-0.2, -0.15) is 5.26 Å². The van der Waals surface area contributed by atoms with Gasteiger partial charge in [0, 0.05) is 11.8 Å². The molecule has 1 N–H and O–H groups in total. The number of imidazole rings is 1. The minimum atomic E-state index is 0.331. The summed E-state index contributed by atoms with van der Waals surface area (Å²) in [7, 11) is 0. The summed E-state index contributed by atoms with van der Waals surface area (Å²) in [6.45, 7) is 0. The number of nitriles is 1. The van der Waals surface area contributed by atoms with E-state index in [2.05, 4.69) is 16.0 Å². The average molecular weight is 197 g/mol. The zero-order chi connectivity index (χ0) is 10.7. The number of H-pyrrole nitrogens is 1. The van der Waals surface area contributed by atoms with Crippen molar-refractivity contribution in [3.8, 4) is 17.5 Å². The van der Waals surface area contributed by atoms with Crippen LogP contribution in [0.15, 0.2) is 30.5 Å². The van der Waals surface area contributed by atoms with Crippen molar-refractivity contribution in [1.82, 2.24) is 9.97 Å². The summed E-state index contributed by atoms with van der Waals surface area (Å²) >= 11 is 0. The maximum Gasteiger partial charge on any atom is 0.170 e. The number of carbonyl (C=O) groups is 1. The molecule has 1 heterocycles. The van der Waals surface area contributed by atoms with Crippen LogP contribution in [0.1, 0.15) is 16.1 Å². The third kappa shape index (κ3) is 1.63. The van der Waals surface area contributed by atoms with Gasteiger partial charge in [0.2, 0.25) is 0 Å². The second-order valence-corrected chi connectivity index (χ2v) is 2.95. The van der Waals surface area contributed by atoms with E-state index in [1.54, 1.807) is 18.2 Å². The van der Waals surface area contributed by atoms with Crippen molar-refractivity contribution in [2.45, 2.75) is 0 Å². The molecule has 4 nitrogen and oxygen atoms in total. The topological polar surface area (TPSA) is 69.5 Å². The van der Waals surface area contributed by atoms with Crippen molar-refractivity contribution in [2.24, 2.45) is 0 Å². The predicted molar refractivity (Wildman–Crippen MR) is 54.1 cm³/mol. The fourth-order valence-electron chi connectivity index (χ4n) is 1.32. The molecule has 0 aliphatic carbocycles. The van der Waals surface area contributed by atoms with Crippen LogP contribution in [0.2, 0.25) is 0 Å². The SMILES string of the molecule is N#Cc1ccccc1-c1nc(C=O)c[nH]1. The van der Waals surface area contributed by atoms with Gasteiger partial charge in [-0.05, 0) is 12.1 Å². The van der Waals surface area contributed by atoms with Gasteiger partial charge in [0.1, 0.15) is 11.5 Å². The van der Waals surface area contributed by atoms with E-state index in [-0.39, 0.29) is 0 Å². The summed E-state index contributed by atoms with van der Waals surface area (Å²) in [5, 5.41) is 8.88. The number of rotatable bonds is 2. The van der Waals surface area contributed by atoms with Crippen molar-refractivity contribution in [2.75, 3.05) is 0 Å². The third-order valence-electron chi connectivity index (χ3n) is 2.02. The molecule has 0 unspecified atom stereocenters. The Balaban J connectivity index is 2.54. The number of hydrogen-bond acceptors (Lipinski definition) is 3. The quantitative estimate of drug-likeness (QED) is 0.746. The number of nitrogens with one attached hydrogen (secondary N) is 1. The number of aldehydes is 1. The summed E-state index contributed by atoms with van der Waals surface area (Å²) in [4.78, 5) is 17.3. The second kappa shape index (κ2) is 3.76. The number of hydrogen-bond donors (Lipinski definition) is 1. The molecular weight excluding hydrogens is 190 g/mol. The molecule has 1 aromatic heterocycles. The highest BCUT2D eigenvalue weighted by molar-refractivity contribution is 5.74. The molecule has 4 heteroatoms. The van der Waals surface area contributed by atoms with Gasteiger partial charge in [-0.1, -0.05) is 12.1 Å². The van der Waals surface area contributed by atoms with Crippen LogP contribution in [-0.2, 0) is 0 Å². The Morgan fingerprint density at radius 2 is 2.20 bits per heavy atom. The van der Waals surface area contributed by atoms with E-state index in [0.717, 1.165) is 0 Å². The molecule has 15 heavy (non-hydrogen) atoms. The molecule has 0 fully saturated rings. The first kappa shape index (κ1) is 9.16. The van der Waals surface area contributed by atoms with Gasteiger partial charge in [-0.25, -0.2) is 4.98 Å². The van der Waals surface area contributed by atoms with Crippen LogP contribution in [-0.4, -0.2) is 16.3 Å². The van der Waals surface area contributed by atoms with Crippen LogP contribution in [0.5, 0.6) is 0 Å². The van der Waals surface area contributed by atoms with Crippen molar-refractivity contribution in [3.05, 3.63) is 41.7 Å². The Bertz CT molecular complexity index is 537. The highest BCUT2D eigenvalue weighted by atomic mass is 16.1. The lowest BCUT2D eigenvalue weighted by molar-refractivity contribution is 0.111. The molecule has 0 saturated carbocycles. The summed E-state index contributed by atoms with van der Waals surface area (Å²) in [6, 6.07) is 9.17. The van der Waals surface area contributed by atoms with Crippen LogP contribution >= 0.6 is 0 Å². The summed E-state index contributed by atoms with van der Waals surface area (Å²) in [5.74, 6) is 0.536. The Labute approximate surface area is 86.2 Å². The standard InChI is InChI=1S/C11H7N3O/c12-5-8-3-1-2-4-10(8)11-13-6-9(7-15)14-11/h1-4,6-7H,(H,13,14). The molecule has 2 rings (SSSR count). The maximum absolute atomic E-state index is 10.5. The molecule has 0 saturated heterocycles. The fourth-order valence-corrected chi connectivity index (χ4v) is 1.32. The second-order valence-electron chi connectivity index (χ2n) is 2.95. The zero-order valence-corrected chi connectivity index (χ0v) is 7.77. The molecule has 0 radical (unpaired) electrons. The van der Waals surface area contributed by atoms with Crippen molar-refractivity contribution < 1.29 is 4.79 Å². The lowest BCUT2D eigenvalue weighted by Crippen LogP contribution is -1.86. The zero-order valence-electron chi connectivity index (χ0n) is 7.77. The molecule has 2 aromatic rings. The maximum atomic E-state index is 10.5. The Morgan fingerprint density at radius 3 is 2.87 bits per heavy atom. The van der Waals surface area contributed by atoms with Gasteiger partial charge in [0.15, 0.2) is 6.29 Å². The Hall–Kier alpha value is -2.41. The van der Waals surface area contributed by atoms with Crippen LogP contribution in [0.4, 0.5) is 0 Å². The first-order valence-electron chi connectivity index (χ1n) is 4.35. The van der Waals surface area contributed by atoms with Gasteiger partial charge in [0.05, 0.1) is 11.6 Å². The molecule has 0 atom stereocenters. The van der Waals surface area contributed by atoms with Crippen molar-refractivity contribution in [1.29, 1.82) is 5.26 Å². The lowest BCUT2D eigenvalue weighted by atomic mass is 10.1. The highest BCUT2D eigenvalue weighted by Crippen LogP contribution is 2.19. The van der Waals surface area contributed by atoms with E-state index < -0.39 is 0 Å². The molecular formula is C11H7N3O. The van der Waals surface area contributed by atoms with Crippen LogP contribution < -0.4 is 0 Å². The fraction of sp³-hybridized carbons (Fsp3) is 0. The van der Waals surface area contributed by atoms with Crippen molar-refractivity contribution >= 4 is 6.29 Å². The van der Waals surface area contributed by atoms with E-state index in [9.17, 15) is 4.79 Å². The third-order valence-corrected chi connectivity index (χ3v) is 2.02. The smallest absolute Gasteiger partial charge is 0.170 e. The van der Waals surface area contributed by atoms with Crippen molar-refractivity contribution in [3.63, 3.8) is 0 Å². The first-order chi connectivity index (χ1) is 7.35. The normalized spacial score (nSPS) is 9.53. The lowest BCUT2D eigenvalue weighted by Gasteiger charge is -1.97. The summed E-state index contributed by atoms with van der Waals surface area (Å²) in [5.41, 5.74) is 1.56. The number of aromatic nitrogens is 2. The molecule has 0 amide bonds. The van der Waals surface area contributed by atoms with E-state index in [1.807, 2.05) is 6.07 Å². The van der Waals surface area contributed by atoms with E-state index >= 15 is 0 Å². The van der Waals surface area contributed by atoms with Crippen LogP contribution in [0.3, 0.4) is 0 Å². The van der Waals surface area contributed by atoms with Gasteiger partial charge in [-0.15, -0.1) is 0 Å². The molecule has 0 aliphatic heterocycles. The van der Waals surface area contributed by atoms with E-state index in [4.69, 9.17) is 5.26 Å². The molecule has 1 aromatic carbocycles. The number of aromatic amines is 1. The predicted octanol–water partition coefficient (Wildman–Crippen LogP) is 1.76. The Morgan fingerprint density at radius 1 is 1.40 bits per heavy atom. The number of carbonyl (C=O) groups excluding carboxylic acids is 1. The van der Waals surface area contributed by atoms with Crippen LogP contribution in [0.25, 0.3) is 11.4 Å². The summed E-state index contributed by atoms with van der Waals surface area (Å²) < 4.78 is 0. The molecule has 0 aliphatic rings. The molecule has 0 spiro atoms. The largest absolute Gasteiger partial charge is 0.344 e. The highest BCUT2D eigenvalue weighted by Gasteiger charge is 2.07. The monoisotopic (exact) mass is 197 g/mol. The van der Waals surface area contributed by atoms with Crippen LogP contribution in [0, 0.1) is 11.3 Å². The Kier molecular flexibility index (Phi) is 2.30. The van der Waals surface area contributed by atoms with Gasteiger partial charge in [-0.3, -0.25) is 4.79 Å². The average Bonchev–Trinajstić information content (AvgIpc) is 2.77. The summed E-state index contributed by atoms with van der Waals surface area (Å²) in [6.07, 6.45) is 2.17. The number of benzene rings is 1. The molecule has 0 bridgehead atoms.